The molecule has 0 spiro atoms. The summed E-state index contributed by atoms with van der Waals surface area (Å²) in [5.74, 6) is 0.345. The number of benzene rings is 1. The zero-order valence-electron chi connectivity index (χ0n) is 17.0. The monoisotopic (exact) mass is 369 g/mol. The van der Waals surface area contributed by atoms with Gasteiger partial charge in [0.2, 0.25) is 11.8 Å². The maximum atomic E-state index is 12.9. The Morgan fingerprint density at radius 3 is 2.30 bits per heavy atom. The van der Waals surface area contributed by atoms with E-state index in [-0.39, 0.29) is 17.2 Å². The van der Waals surface area contributed by atoms with E-state index >= 15 is 0 Å². The van der Waals surface area contributed by atoms with Crippen LogP contribution in [0, 0.1) is 12.3 Å². The van der Waals surface area contributed by atoms with Crippen LogP contribution in [-0.4, -0.2) is 52.8 Å². The van der Waals surface area contributed by atoms with Gasteiger partial charge in [-0.3, -0.25) is 9.59 Å². The van der Waals surface area contributed by atoms with Crippen LogP contribution in [0.3, 0.4) is 0 Å². The number of para-hydroxylation sites is 1. The van der Waals surface area contributed by atoms with Crippen molar-refractivity contribution in [3.8, 4) is 0 Å². The van der Waals surface area contributed by atoms with Crippen LogP contribution in [0.2, 0.25) is 0 Å². The Morgan fingerprint density at radius 1 is 1.00 bits per heavy atom. The molecule has 3 rings (SSSR count). The second-order valence-electron chi connectivity index (χ2n) is 8.80. The molecule has 1 aliphatic heterocycles. The van der Waals surface area contributed by atoms with Gasteiger partial charge in [0.25, 0.3) is 0 Å². The van der Waals surface area contributed by atoms with E-state index in [1.807, 2.05) is 34.9 Å². The van der Waals surface area contributed by atoms with Crippen LogP contribution in [-0.2, 0) is 16.0 Å². The standard InChI is InChI=1S/C22H31N3O2/c1-16-18(17-8-5-6-9-19(17)23-16)14-20(26)24-10-7-11-25(13-12-24)21(27)15-22(2,3)4/h5-6,8-9,23H,7,10-15H2,1-4H3. The normalized spacial score (nSPS) is 15.9. The number of fused-ring (bicyclic) bond motifs is 1. The molecular formula is C22H31N3O2. The Kier molecular flexibility index (Phi) is 5.59. The highest BCUT2D eigenvalue weighted by Gasteiger charge is 2.25. The fourth-order valence-corrected chi connectivity index (χ4v) is 3.81. The molecule has 1 aromatic carbocycles. The lowest BCUT2D eigenvalue weighted by molar-refractivity contribution is -0.134. The van der Waals surface area contributed by atoms with Gasteiger partial charge in [0.1, 0.15) is 0 Å². The third-order valence-corrected chi connectivity index (χ3v) is 5.24. The molecule has 0 radical (unpaired) electrons. The number of nitrogens with one attached hydrogen (secondary N) is 1. The first-order chi connectivity index (χ1) is 12.7. The van der Waals surface area contributed by atoms with E-state index in [1.54, 1.807) is 0 Å². The largest absolute Gasteiger partial charge is 0.358 e. The van der Waals surface area contributed by atoms with Gasteiger partial charge in [0, 0.05) is 49.2 Å². The number of hydrogen-bond acceptors (Lipinski definition) is 2. The van der Waals surface area contributed by atoms with Gasteiger partial charge in [0.05, 0.1) is 6.42 Å². The smallest absolute Gasteiger partial charge is 0.227 e. The minimum atomic E-state index is -0.00817. The van der Waals surface area contributed by atoms with Gasteiger partial charge >= 0.3 is 0 Å². The van der Waals surface area contributed by atoms with Crippen LogP contribution in [0.15, 0.2) is 24.3 Å². The average molecular weight is 370 g/mol. The summed E-state index contributed by atoms with van der Waals surface area (Å²) in [7, 11) is 0. The molecule has 1 fully saturated rings. The van der Waals surface area contributed by atoms with Crippen LogP contribution in [0.1, 0.15) is 44.9 Å². The Balaban J connectivity index is 1.64. The number of amides is 2. The quantitative estimate of drug-likeness (QED) is 0.900. The minimum Gasteiger partial charge on any atom is -0.358 e. The molecule has 146 valence electrons. The zero-order chi connectivity index (χ0) is 19.6. The number of nitrogens with zero attached hydrogens (tertiary/aromatic N) is 2. The summed E-state index contributed by atoms with van der Waals surface area (Å²) in [6.07, 6.45) is 1.80. The highest BCUT2D eigenvalue weighted by molar-refractivity contribution is 5.90. The first kappa shape index (κ1) is 19.5. The molecule has 5 nitrogen and oxygen atoms in total. The number of H-pyrrole nitrogens is 1. The summed E-state index contributed by atoms with van der Waals surface area (Å²) >= 11 is 0. The number of aryl methyl sites for hydroxylation is 1. The molecule has 2 amide bonds. The van der Waals surface area contributed by atoms with Gasteiger partial charge in [-0.25, -0.2) is 0 Å². The van der Waals surface area contributed by atoms with Crippen molar-refractivity contribution in [1.29, 1.82) is 0 Å². The summed E-state index contributed by atoms with van der Waals surface area (Å²) in [4.78, 5) is 32.7. The number of aromatic amines is 1. The number of carbonyl (C=O) groups is 2. The van der Waals surface area contributed by atoms with E-state index in [0.717, 1.165) is 41.7 Å². The van der Waals surface area contributed by atoms with Crippen molar-refractivity contribution in [3.05, 3.63) is 35.5 Å². The molecule has 1 aromatic heterocycles. The minimum absolute atomic E-state index is 0.00817. The van der Waals surface area contributed by atoms with E-state index in [0.29, 0.717) is 25.9 Å². The molecule has 2 heterocycles. The van der Waals surface area contributed by atoms with Gasteiger partial charge in [0.15, 0.2) is 0 Å². The van der Waals surface area contributed by atoms with Crippen molar-refractivity contribution < 1.29 is 9.59 Å². The van der Waals surface area contributed by atoms with Crippen LogP contribution in [0.5, 0.6) is 0 Å². The van der Waals surface area contributed by atoms with E-state index in [4.69, 9.17) is 0 Å². The molecule has 0 unspecified atom stereocenters. The maximum Gasteiger partial charge on any atom is 0.227 e. The molecule has 0 atom stereocenters. The molecule has 27 heavy (non-hydrogen) atoms. The van der Waals surface area contributed by atoms with Crippen molar-refractivity contribution >= 4 is 22.7 Å². The summed E-state index contributed by atoms with van der Waals surface area (Å²) in [5, 5.41) is 1.13. The molecule has 0 saturated carbocycles. The highest BCUT2D eigenvalue weighted by Crippen LogP contribution is 2.23. The topological polar surface area (TPSA) is 56.4 Å². The van der Waals surface area contributed by atoms with E-state index in [1.165, 1.54) is 0 Å². The third kappa shape index (κ3) is 4.71. The maximum absolute atomic E-state index is 12.9. The van der Waals surface area contributed by atoms with E-state index < -0.39 is 0 Å². The molecule has 5 heteroatoms. The second kappa shape index (κ2) is 7.75. The van der Waals surface area contributed by atoms with Gasteiger partial charge < -0.3 is 14.8 Å². The van der Waals surface area contributed by atoms with Crippen LogP contribution < -0.4 is 0 Å². The van der Waals surface area contributed by atoms with Crippen LogP contribution in [0.25, 0.3) is 10.9 Å². The highest BCUT2D eigenvalue weighted by atomic mass is 16.2. The lowest BCUT2D eigenvalue weighted by Crippen LogP contribution is -2.38. The van der Waals surface area contributed by atoms with Crippen molar-refractivity contribution in [3.63, 3.8) is 0 Å². The van der Waals surface area contributed by atoms with Gasteiger partial charge in [-0.15, -0.1) is 0 Å². The van der Waals surface area contributed by atoms with Gasteiger partial charge in [-0.1, -0.05) is 39.0 Å². The number of carbonyl (C=O) groups excluding carboxylic acids is 2. The third-order valence-electron chi connectivity index (χ3n) is 5.24. The van der Waals surface area contributed by atoms with Gasteiger partial charge in [-0.2, -0.15) is 0 Å². The lowest BCUT2D eigenvalue weighted by Gasteiger charge is -2.25. The fraction of sp³-hybridized carbons (Fsp3) is 0.545. The van der Waals surface area contributed by atoms with Crippen LogP contribution >= 0.6 is 0 Å². The lowest BCUT2D eigenvalue weighted by atomic mass is 9.91. The van der Waals surface area contributed by atoms with E-state index in [9.17, 15) is 9.59 Å². The Labute approximate surface area is 161 Å². The first-order valence-corrected chi connectivity index (χ1v) is 9.86. The summed E-state index contributed by atoms with van der Waals surface area (Å²) in [6, 6.07) is 8.12. The van der Waals surface area contributed by atoms with Gasteiger partial charge in [-0.05, 0) is 30.4 Å². The number of rotatable bonds is 3. The number of aromatic nitrogens is 1. The molecule has 1 saturated heterocycles. The molecule has 2 aromatic rings. The molecule has 0 aliphatic carbocycles. The Hall–Kier alpha value is -2.30. The van der Waals surface area contributed by atoms with Crippen molar-refractivity contribution in [1.82, 2.24) is 14.8 Å². The van der Waals surface area contributed by atoms with Crippen molar-refractivity contribution in [2.24, 2.45) is 5.41 Å². The van der Waals surface area contributed by atoms with Crippen LogP contribution in [0.4, 0.5) is 0 Å². The van der Waals surface area contributed by atoms with Crippen molar-refractivity contribution in [2.75, 3.05) is 26.2 Å². The Morgan fingerprint density at radius 2 is 1.63 bits per heavy atom. The Bertz CT molecular complexity index is 832. The molecule has 0 bridgehead atoms. The first-order valence-electron chi connectivity index (χ1n) is 9.86. The SMILES string of the molecule is Cc1[nH]c2ccccc2c1CC(=O)N1CCCN(C(=O)CC(C)(C)C)CC1. The zero-order valence-corrected chi connectivity index (χ0v) is 17.0. The number of hydrogen-bond donors (Lipinski definition) is 1. The molecular weight excluding hydrogens is 338 g/mol. The summed E-state index contributed by atoms with van der Waals surface area (Å²) in [5.41, 5.74) is 3.21. The van der Waals surface area contributed by atoms with E-state index in [2.05, 4.69) is 31.8 Å². The van der Waals surface area contributed by atoms with Crippen molar-refractivity contribution in [2.45, 2.75) is 47.0 Å². The summed E-state index contributed by atoms with van der Waals surface area (Å²) < 4.78 is 0. The molecule has 1 aliphatic rings. The predicted octanol–water partition coefficient (Wildman–Crippen LogP) is 3.52. The second-order valence-corrected chi connectivity index (χ2v) is 8.80. The fourth-order valence-electron chi connectivity index (χ4n) is 3.81. The predicted molar refractivity (Wildman–Crippen MR) is 109 cm³/mol. The molecule has 1 N–H and O–H groups in total. The summed E-state index contributed by atoms with van der Waals surface area (Å²) in [6.45, 7) is 11.0. The average Bonchev–Trinajstić information content (AvgIpc) is 2.76.